The normalized spacial score (nSPS) is 20.4. The van der Waals surface area contributed by atoms with Crippen LogP contribution in [0.15, 0.2) is 53.4 Å². The smallest absolute Gasteiger partial charge is 0.242 e. The molecule has 1 fully saturated rings. The average Bonchev–Trinajstić information content (AvgIpc) is 3.06. The minimum atomic E-state index is -0.295. The molecule has 0 saturated carbocycles. The van der Waals surface area contributed by atoms with Crippen molar-refractivity contribution in [3.8, 4) is 0 Å². The van der Waals surface area contributed by atoms with Gasteiger partial charge < -0.3 is 5.32 Å². The van der Waals surface area contributed by atoms with E-state index >= 15 is 0 Å². The van der Waals surface area contributed by atoms with Gasteiger partial charge in [0.05, 0.1) is 0 Å². The highest BCUT2D eigenvalue weighted by Crippen LogP contribution is 2.28. The first-order valence-electron chi connectivity index (χ1n) is 7.38. The van der Waals surface area contributed by atoms with E-state index in [0.717, 1.165) is 11.3 Å². The van der Waals surface area contributed by atoms with E-state index in [9.17, 15) is 4.79 Å². The van der Waals surface area contributed by atoms with Gasteiger partial charge >= 0.3 is 0 Å². The average molecular weight is 348 g/mol. The first-order valence-corrected chi connectivity index (χ1v) is 8.98. The Morgan fingerprint density at radius 3 is 2.61 bits per heavy atom. The molecule has 0 aliphatic carbocycles. The summed E-state index contributed by atoms with van der Waals surface area (Å²) < 4.78 is 0. The van der Waals surface area contributed by atoms with Crippen LogP contribution in [0.25, 0.3) is 0 Å². The molecule has 0 spiro atoms. The van der Waals surface area contributed by atoms with E-state index in [1.165, 1.54) is 4.90 Å². The lowest BCUT2D eigenvalue weighted by atomic mass is 10.0. The van der Waals surface area contributed by atoms with Crippen LogP contribution in [-0.2, 0) is 4.79 Å². The second-order valence-corrected chi connectivity index (χ2v) is 6.66. The Bertz CT molecular complexity index is 692. The molecular weight excluding hydrogens is 330 g/mol. The van der Waals surface area contributed by atoms with Gasteiger partial charge in [-0.2, -0.15) is 0 Å². The number of hydrazine groups is 1. The Kier molecular flexibility index (Phi) is 5.23. The first kappa shape index (κ1) is 16.3. The number of benzene rings is 2. The number of anilines is 1. The quantitative estimate of drug-likeness (QED) is 0.739. The third-order valence-corrected chi connectivity index (χ3v) is 4.95. The molecule has 1 saturated heterocycles. The van der Waals surface area contributed by atoms with E-state index in [1.807, 2.05) is 54.8 Å². The van der Waals surface area contributed by atoms with Gasteiger partial charge in [-0.1, -0.05) is 29.8 Å². The van der Waals surface area contributed by atoms with Gasteiger partial charge in [-0.05, 0) is 48.6 Å². The SMILES string of the molecule is CSc1ccc(NC(=O)C2CC(c3ccccc3Cl)NN2)cc1. The molecule has 1 heterocycles. The summed E-state index contributed by atoms with van der Waals surface area (Å²) in [7, 11) is 0. The summed E-state index contributed by atoms with van der Waals surface area (Å²) in [5, 5.41) is 3.65. The van der Waals surface area contributed by atoms with Crippen molar-refractivity contribution in [2.75, 3.05) is 11.6 Å². The van der Waals surface area contributed by atoms with E-state index in [4.69, 9.17) is 11.6 Å². The van der Waals surface area contributed by atoms with Crippen LogP contribution >= 0.6 is 23.4 Å². The molecule has 23 heavy (non-hydrogen) atoms. The molecule has 1 aliphatic heterocycles. The van der Waals surface area contributed by atoms with E-state index in [1.54, 1.807) is 11.8 Å². The number of nitrogens with one attached hydrogen (secondary N) is 3. The van der Waals surface area contributed by atoms with E-state index < -0.39 is 0 Å². The third-order valence-electron chi connectivity index (χ3n) is 3.86. The second kappa shape index (κ2) is 7.36. The standard InChI is InChI=1S/C17H18ClN3OS/c1-23-12-8-6-11(7-9-12)19-17(22)16-10-15(20-21-16)13-4-2-3-5-14(13)18/h2-9,15-16,20-21H,10H2,1H3,(H,19,22). The van der Waals surface area contributed by atoms with E-state index in [2.05, 4.69) is 16.2 Å². The molecule has 3 N–H and O–H groups in total. The zero-order valence-corrected chi connectivity index (χ0v) is 14.2. The Morgan fingerprint density at radius 1 is 1.17 bits per heavy atom. The second-order valence-electron chi connectivity index (χ2n) is 5.37. The predicted molar refractivity (Wildman–Crippen MR) is 95.7 cm³/mol. The van der Waals surface area contributed by atoms with Gasteiger partial charge in [-0.3, -0.25) is 4.79 Å². The van der Waals surface area contributed by atoms with Crippen LogP contribution in [0.1, 0.15) is 18.0 Å². The molecule has 0 aromatic heterocycles. The van der Waals surface area contributed by atoms with Gasteiger partial charge in [0.15, 0.2) is 0 Å². The molecule has 2 aromatic rings. The molecule has 2 atom stereocenters. The number of halogens is 1. The summed E-state index contributed by atoms with van der Waals surface area (Å²) in [5.74, 6) is -0.0519. The predicted octanol–water partition coefficient (Wildman–Crippen LogP) is 3.61. The fourth-order valence-electron chi connectivity index (χ4n) is 2.59. The van der Waals surface area contributed by atoms with Gasteiger partial charge in [0.25, 0.3) is 0 Å². The van der Waals surface area contributed by atoms with Crippen LogP contribution in [-0.4, -0.2) is 18.2 Å². The van der Waals surface area contributed by atoms with Crippen molar-refractivity contribution in [3.05, 3.63) is 59.1 Å². The van der Waals surface area contributed by atoms with Gasteiger partial charge in [0.1, 0.15) is 6.04 Å². The Labute approximate surface area is 145 Å². The number of rotatable bonds is 4. The number of thioether (sulfide) groups is 1. The fourth-order valence-corrected chi connectivity index (χ4v) is 3.27. The number of hydrogen-bond acceptors (Lipinski definition) is 4. The molecular formula is C17H18ClN3OS. The maximum Gasteiger partial charge on any atom is 0.242 e. The summed E-state index contributed by atoms with van der Waals surface area (Å²) in [6.07, 6.45) is 2.68. The number of carbonyl (C=O) groups is 1. The topological polar surface area (TPSA) is 53.2 Å². The highest BCUT2D eigenvalue weighted by Gasteiger charge is 2.31. The Hall–Kier alpha value is -1.53. The molecule has 0 bridgehead atoms. The number of hydrogen-bond donors (Lipinski definition) is 3. The molecule has 1 amide bonds. The minimum absolute atomic E-state index is 0.0262. The monoisotopic (exact) mass is 347 g/mol. The number of carbonyl (C=O) groups excluding carboxylic acids is 1. The van der Waals surface area contributed by atoms with Crippen molar-refractivity contribution in [1.29, 1.82) is 0 Å². The van der Waals surface area contributed by atoms with Gasteiger partial charge in [0, 0.05) is 21.6 Å². The van der Waals surface area contributed by atoms with Crippen LogP contribution < -0.4 is 16.2 Å². The third kappa shape index (κ3) is 3.87. The van der Waals surface area contributed by atoms with Crippen molar-refractivity contribution in [2.45, 2.75) is 23.4 Å². The summed E-state index contributed by atoms with van der Waals surface area (Å²) in [4.78, 5) is 13.5. The van der Waals surface area contributed by atoms with Crippen LogP contribution in [0.2, 0.25) is 5.02 Å². The largest absolute Gasteiger partial charge is 0.325 e. The van der Waals surface area contributed by atoms with Gasteiger partial charge in [-0.15, -0.1) is 11.8 Å². The summed E-state index contributed by atoms with van der Waals surface area (Å²) in [5.41, 5.74) is 8.00. The summed E-state index contributed by atoms with van der Waals surface area (Å²) >= 11 is 7.89. The van der Waals surface area contributed by atoms with Crippen LogP contribution in [0.5, 0.6) is 0 Å². The Morgan fingerprint density at radius 2 is 1.91 bits per heavy atom. The van der Waals surface area contributed by atoms with Crippen molar-refractivity contribution in [3.63, 3.8) is 0 Å². The van der Waals surface area contributed by atoms with Gasteiger partial charge in [-0.25, -0.2) is 10.9 Å². The lowest BCUT2D eigenvalue weighted by Crippen LogP contribution is -2.39. The van der Waals surface area contributed by atoms with E-state index in [0.29, 0.717) is 11.4 Å². The molecule has 6 heteroatoms. The molecule has 120 valence electrons. The van der Waals surface area contributed by atoms with Crippen molar-refractivity contribution in [1.82, 2.24) is 10.9 Å². The zero-order valence-electron chi connectivity index (χ0n) is 12.7. The van der Waals surface area contributed by atoms with E-state index in [-0.39, 0.29) is 18.0 Å². The molecule has 4 nitrogen and oxygen atoms in total. The Balaban J connectivity index is 1.62. The van der Waals surface area contributed by atoms with Crippen molar-refractivity contribution in [2.24, 2.45) is 0 Å². The van der Waals surface area contributed by atoms with Crippen LogP contribution in [0, 0.1) is 0 Å². The molecule has 0 radical (unpaired) electrons. The fraction of sp³-hybridized carbons (Fsp3) is 0.235. The first-order chi connectivity index (χ1) is 11.2. The minimum Gasteiger partial charge on any atom is -0.325 e. The summed E-state index contributed by atoms with van der Waals surface area (Å²) in [6.45, 7) is 0. The lowest BCUT2D eigenvalue weighted by molar-refractivity contribution is -0.117. The molecule has 1 aliphatic rings. The molecule has 2 aromatic carbocycles. The van der Waals surface area contributed by atoms with Gasteiger partial charge in [0.2, 0.25) is 5.91 Å². The molecule has 2 unspecified atom stereocenters. The highest BCUT2D eigenvalue weighted by molar-refractivity contribution is 7.98. The van der Waals surface area contributed by atoms with Crippen LogP contribution in [0.4, 0.5) is 5.69 Å². The lowest BCUT2D eigenvalue weighted by Gasteiger charge is -2.12. The molecule has 3 rings (SSSR count). The van der Waals surface area contributed by atoms with Crippen LogP contribution in [0.3, 0.4) is 0 Å². The summed E-state index contributed by atoms with van der Waals surface area (Å²) in [6, 6.07) is 15.2. The highest BCUT2D eigenvalue weighted by atomic mass is 35.5. The van der Waals surface area contributed by atoms with Crippen molar-refractivity contribution < 1.29 is 4.79 Å². The number of amides is 1. The van der Waals surface area contributed by atoms with Crippen molar-refractivity contribution >= 4 is 35.0 Å². The maximum atomic E-state index is 12.4. The maximum absolute atomic E-state index is 12.4. The zero-order chi connectivity index (χ0) is 16.2.